The first-order chi connectivity index (χ1) is 9.72. The number of nitrogens with two attached hydrogens (primary N) is 1. The van der Waals surface area contributed by atoms with Crippen LogP contribution in [0, 0.1) is 0 Å². The molecule has 2 saturated heterocycles. The van der Waals surface area contributed by atoms with Crippen molar-refractivity contribution >= 4 is 17.3 Å². The Kier molecular flexibility index (Phi) is 2.72. The molecule has 0 saturated carbocycles. The lowest BCUT2D eigenvalue weighted by Crippen LogP contribution is -2.15. The van der Waals surface area contributed by atoms with E-state index < -0.39 is 0 Å². The monoisotopic (exact) mass is 291 g/mol. The number of halogens is 1. The van der Waals surface area contributed by atoms with E-state index in [1.54, 1.807) is 18.2 Å². The van der Waals surface area contributed by atoms with Gasteiger partial charge in [-0.3, -0.25) is 0 Å². The Balaban J connectivity index is 1.69. The van der Waals surface area contributed by atoms with Crippen LogP contribution in [0.15, 0.2) is 22.7 Å². The summed E-state index contributed by atoms with van der Waals surface area (Å²) in [7, 11) is 0. The predicted molar refractivity (Wildman–Crippen MR) is 74.4 cm³/mol. The van der Waals surface area contributed by atoms with Crippen LogP contribution in [0.3, 0.4) is 0 Å². The van der Waals surface area contributed by atoms with Crippen molar-refractivity contribution in [3.8, 4) is 11.5 Å². The van der Waals surface area contributed by atoms with Crippen molar-refractivity contribution in [2.75, 3.05) is 5.73 Å². The van der Waals surface area contributed by atoms with E-state index in [0.29, 0.717) is 34.1 Å². The number of hydrogen-bond donors (Lipinski definition) is 1. The van der Waals surface area contributed by atoms with Gasteiger partial charge in [-0.05, 0) is 31.4 Å². The fourth-order valence-corrected chi connectivity index (χ4v) is 3.43. The molecule has 2 aromatic rings. The van der Waals surface area contributed by atoms with Crippen molar-refractivity contribution in [1.82, 2.24) is 10.1 Å². The highest BCUT2D eigenvalue weighted by atomic mass is 35.5. The first kappa shape index (κ1) is 12.2. The van der Waals surface area contributed by atoms with Crippen LogP contribution in [0.2, 0.25) is 5.02 Å². The van der Waals surface area contributed by atoms with Crippen LogP contribution in [-0.2, 0) is 4.74 Å². The minimum absolute atomic E-state index is 0.231. The number of ether oxygens (including phenoxy) is 1. The Bertz CT molecular complexity index is 637. The third kappa shape index (κ3) is 1.81. The maximum Gasteiger partial charge on any atom is 0.261 e. The van der Waals surface area contributed by atoms with Gasteiger partial charge >= 0.3 is 0 Å². The molecule has 5 nitrogen and oxygen atoms in total. The molecule has 2 bridgehead atoms. The molecule has 4 rings (SSSR count). The van der Waals surface area contributed by atoms with Crippen molar-refractivity contribution in [3.63, 3.8) is 0 Å². The number of nitrogen functional groups attached to an aromatic ring is 1. The smallest absolute Gasteiger partial charge is 0.261 e. The summed E-state index contributed by atoms with van der Waals surface area (Å²) < 4.78 is 11.2. The Morgan fingerprint density at radius 2 is 2.20 bits per heavy atom. The quantitative estimate of drug-likeness (QED) is 0.861. The molecule has 3 atom stereocenters. The second-order valence-corrected chi connectivity index (χ2v) is 5.79. The lowest BCUT2D eigenvalue weighted by Gasteiger charge is -2.13. The van der Waals surface area contributed by atoms with Crippen molar-refractivity contribution in [1.29, 1.82) is 0 Å². The summed E-state index contributed by atoms with van der Waals surface area (Å²) in [5, 5.41) is 4.61. The molecule has 3 heterocycles. The molecular weight excluding hydrogens is 278 g/mol. The largest absolute Gasteiger partial charge is 0.398 e. The minimum Gasteiger partial charge on any atom is -0.398 e. The number of nitrogens with zero attached hydrogens (tertiary/aromatic N) is 2. The molecule has 0 amide bonds. The Hall–Kier alpha value is -1.59. The average molecular weight is 292 g/mol. The van der Waals surface area contributed by atoms with Gasteiger partial charge in [-0.2, -0.15) is 4.98 Å². The van der Waals surface area contributed by atoms with E-state index >= 15 is 0 Å². The summed E-state index contributed by atoms with van der Waals surface area (Å²) in [5.74, 6) is 1.31. The van der Waals surface area contributed by atoms with Crippen molar-refractivity contribution in [3.05, 3.63) is 29.0 Å². The van der Waals surface area contributed by atoms with Crippen LogP contribution in [0.1, 0.15) is 31.0 Å². The number of aromatic nitrogens is 2. The van der Waals surface area contributed by atoms with E-state index in [1.165, 1.54) is 0 Å². The van der Waals surface area contributed by atoms with Gasteiger partial charge in [0.15, 0.2) is 5.82 Å². The van der Waals surface area contributed by atoms with Gasteiger partial charge in [-0.1, -0.05) is 22.8 Å². The maximum absolute atomic E-state index is 6.16. The van der Waals surface area contributed by atoms with Gasteiger partial charge in [0.05, 0.1) is 28.7 Å². The van der Waals surface area contributed by atoms with Gasteiger partial charge in [0.25, 0.3) is 5.89 Å². The Morgan fingerprint density at radius 1 is 1.30 bits per heavy atom. The summed E-state index contributed by atoms with van der Waals surface area (Å²) in [5.41, 5.74) is 7.09. The molecule has 1 aromatic carbocycles. The van der Waals surface area contributed by atoms with E-state index in [0.717, 1.165) is 19.3 Å². The van der Waals surface area contributed by atoms with Gasteiger partial charge in [-0.25, -0.2) is 0 Å². The van der Waals surface area contributed by atoms with Gasteiger partial charge in [0, 0.05) is 5.69 Å². The van der Waals surface area contributed by atoms with Gasteiger partial charge in [0.1, 0.15) is 0 Å². The number of hydrogen-bond acceptors (Lipinski definition) is 5. The Morgan fingerprint density at radius 3 is 2.90 bits per heavy atom. The number of fused-ring (bicyclic) bond motifs is 2. The minimum atomic E-state index is 0.231. The molecule has 2 fully saturated rings. The third-order valence-corrected chi connectivity index (χ3v) is 4.45. The number of benzene rings is 1. The highest BCUT2D eigenvalue weighted by Gasteiger charge is 2.43. The predicted octanol–water partition coefficient (Wildman–Crippen LogP) is 3.01. The number of rotatable bonds is 2. The molecule has 20 heavy (non-hydrogen) atoms. The summed E-state index contributed by atoms with van der Waals surface area (Å²) >= 11 is 6.16. The highest BCUT2D eigenvalue weighted by molar-refractivity contribution is 6.33. The van der Waals surface area contributed by atoms with Gasteiger partial charge < -0.3 is 15.0 Å². The number of anilines is 1. The summed E-state index contributed by atoms with van der Waals surface area (Å²) in [6, 6.07) is 5.33. The van der Waals surface area contributed by atoms with Crippen LogP contribution in [0.25, 0.3) is 11.5 Å². The molecule has 2 aliphatic heterocycles. The molecule has 0 spiro atoms. The van der Waals surface area contributed by atoms with Crippen molar-refractivity contribution < 1.29 is 9.26 Å². The molecule has 0 aliphatic carbocycles. The van der Waals surface area contributed by atoms with Crippen LogP contribution < -0.4 is 5.73 Å². The standard InChI is InChI=1S/C14H14ClN3O2/c15-9-2-1-3-10(16)12(9)14-17-13(18-20-14)8-6-7-4-5-11(8)19-7/h1-3,7-8,11H,4-6,16H2. The fourth-order valence-electron chi connectivity index (χ4n) is 3.16. The van der Waals surface area contributed by atoms with E-state index in [-0.39, 0.29) is 12.0 Å². The zero-order valence-electron chi connectivity index (χ0n) is 10.8. The second kappa shape index (κ2) is 4.46. The fraction of sp³-hybridized carbons (Fsp3) is 0.429. The van der Waals surface area contributed by atoms with Crippen molar-refractivity contribution in [2.24, 2.45) is 0 Å². The van der Waals surface area contributed by atoms with Crippen LogP contribution in [0.5, 0.6) is 0 Å². The molecule has 6 heteroatoms. The second-order valence-electron chi connectivity index (χ2n) is 5.38. The lowest BCUT2D eigenvalue weighted by molar-refractivity contribution is 0.0996. The van der Waals surface area contributed by atoms with Crippen LogP contribution in [0.4, 0.5) is 5.69 Å². The first-order valence-electron chi connectivity index (χ1n) is 6.76. The van der Waals surface area contributed by atoms with E-state index in [1.807, 2.05) is 0 Å². The highest BCUT2D eigenvalue weighted by Crippen LogP contribution is 2.44. The summed E-state index contributed by atoms with van der Waals surface area (Å²) in [6.07, 6.45) is 3.78. The Labute approximate surface area is 121 Å². The third-order valence-electron chi connectivity index (χ3n) is 4.14. The van der Waals surface area contributed by atoms with E-state index in [4.69, 9.17) is 26.6 Å². The summed E-state index contributed by atoms with van der Waals surface area (Å²) in [6.45, 7) is 0. The molecular formula is C14H14ClN3O2. The molecule has 3 unspecified atom stereocenters. The molecule has 2 aliphatic rings. The zero-order chi connectivity index (χ0) is 13.7. The van der Waals surface area contributed by atoms with Crippen molar-refractivity contribution in [2.45, 2.75) is 37.4 Å². The molecule has 1 aromatic heterocycles. The average Bonchev–Trinajstić information content (AvgIpc) is 3.14. The van der Waals surface area contributed by atoms with E-state index in [2.05, 4.69) is 10.1 Å². The lowest BCUT2D eigenvalue weighted by atomic mass is 9.89. The summed E-state index contributed by atoms with van der Waals surface area (Å²) in [4.78, 5) is 4.48. The molecule has 2 N–H and O–H groups in total. The van der Waals surface area contributed by atoms with E-state index in [9.17, 15) is 0 Å². The molecule has 104 valence electrons. The first-order valence-corrected chi connectivity index (χ1v) is 7.13. The van der Waals surface area contributed by atoms with Gasteiger partial charge in [0.2, 0.25) is 0 Å². The topological polar surface area (TPSA) is 74.2 Å². The molecule has 0 radical (unpaired) electrons. The van der Waals surface area contributed by atoms with Crippen LogP contribution >= 0.6 is 11.6 Å². The van der Waals surface area contributed by atoms with Crippen LogP contribution in [-0.4, -0.2) is 22.3 Å². The normalized spacial score (nSPS) is 28.1. The maximum atomic E-state index is 6.16. The zero-order valence-corrected chi connectivity index (χ0v) is 11.5. The SMILES string of the molecule is Nc1cccc(Cl)c1-c1nc(C2CC3CCC2O3)no1. The van der Waals surface area contributed by atoms with Gasteiger partial charge in [-0.15, -0.1) is 0 Å².